The van der Waals surface area contributed by atoms with Gasteiger partial charge in [-0.2, -0.15) is 0 Å². The van der Waals surface area contributed by atoms with Crippen LogP contribution in [0.2, 0.25) is 0 Å². The van der Waals surface area contributed by atoms with Crippen molar-refractivity contribution >= 4 is 23.2 Å². The zero-order valence-corrected chi connectivity index (χ0v) is 16.8. The van der Waals surface area contributed by atoms with Crippen molar-refractivity contribution in [3.63, 3.8) is 0 Å². The Balaban J connectivity index is 1.77. The summed E-state index contributed by atoms with van der Waals surface area (Å²) in [5.74, 6) is 0.375. The van der Waals surface area contributed by atoms with Crippen LogP contribution in [0.1, 0.15) is 17.3 Å². The van der Waals surface area contributed by atoms with Gasteiger partial charge in [0.15, 0.2) is 0 Å². The van der Waals surface area contributed by atoms with Gasteiger partial charge in [0.05, 0.1) is 13.2 Å². The van der Waals surface area contributed by atoms with Crippen molar-refractivity contribution in [3.8, 4) is 5.75 Å². The Labute approximate surface area is 171 Å². The molecule has 0 spiro atoms. The summed E-state index contributed by atoms with van der Waals surface area (Å²) in [6.07, 6.45) is 0. The Morgan fingerprint density at radius 2 is 1.66 bits per heavy atom. The highest BCUT2D eigenvalue weighted by atomic mass is 16.5. The number of hydrogen-bond donors (Lipinski definition) is 3. The molecule has 0 aromatic heterocycles. The zero-order chi connectivity index (χ0) is 21.1. The molecule has 0 saturated carbocycles. The molecule has 0 unspecified atom stereocenters. The van der Waals surface area contributed by atoms with Crippen molar-refractivity contribution in [1.29, 1.82) is 0 Å². The molecule has 0 aliphatic heterocycles. The van der Waals surface area contributed by atoms with Crippen molar-refractivity contribution in [3.05, 3.63) is 66.2 Å². The largest absolute Gasteiger partial charge is 0.489 e. The molecule has 2 aromatic carbocycles. The Morgan fingerprint density at radius 1 is 1.00 bits per heavy atom. The third-order valence-corrected chi connectivity index (χ3v) is 3.82. The number of nitrogens with one attached hydrogen (secondary N) is 3. The monoisotopic (exact) mass is 397 g/mol. The second kappa shape index (κ2) is 11.5. The van der Waals surface area contributed by atoms with Crippen molar-refractivity contribution in [1.82, 2.24) is 5.32 Å². The second-order valence-corrected chi connectivity index (χ2v) is 6.50. The number of carbonyl (C=O) groups is 2. The molecule has 0 saturated heterocycles. The van der Waals surface area contributed by atoms with Gasteiger partial charge in [-0.25, -0.2) is 0 Å². The summed E-state index contributed by atoms with van der Waals surface area (Å²) in [5, 5.41) is 8.59. The SMILES string of the molecule is C=C(C)COc1ccc(NC(=O)CNc2ccc(C(=O)NCCOC)cc2)cc1. The molecule has 0 heterocycles. The van der Waals surface area contributed by atoms with E-state index in [-0.39, 0.29) is 18.4 Å². The lowest BCUT2D eigenvalue weighted by Crippen LogP contribution is -2.26. The van der Waals surface area contributed by atoms with E-state index >= 15 is 0 Å². The van der Waals surface area contributed by atoms with Crippen LogP contribution in [-0.2, 0) is 9.53 Å². The molecule has 7 heteroatoms. The summed E-state index contributed by atoms with van der Waals surface area (Å²) in [6.45, 7) is 7.17. The predicted molar refractivity (Wildman–Crippen MR) is 115 cm³/mol. The molecule has 0 aliphatic carbocycles. The molecule has 2 rings (SSSR count). The van der Waals surface area contributed by atoms with E-state index in [2.05, 4.69) is 22.5 Å². The highest BCUT2D eigenvalue weighted by Crippen LogP contribution is 2.16. The third-order valence-electron chi connectivity index (χ3n) is 3.82. The minimum absolute atomic E-state index is 0.104. The van der Waals surface area contributed by atoms with Crippen LogP contribution in [0, 0.1) is 0 Å². The fourth-order valence-corrected chi connectivity index (χ4v) is 2.34. The average Bonchev–Trinajstić information content (AvgIpc) is 2.72. The zero-order valence-electron chi connectivity index (χ0n) is 16.8. The molecule has 29 heavy (non-hydrogen) atoms. The number of benzene rings is 2. The number of hydrogen-bond acceptors (Lipinski definition) is 5. The number of methoxy groups -OCH3 is 1. The van der Waals surface area contributed by atoms with Crippen LogP contribution in [0.3, 0.4) is 0 Å². The molecule has 2 amide bonds. The number of ether oxygens (including phenoxy) is 2. The fraction of sp³-hybridized carbons (Fsp3) is 0.273. The lowest BCUT2D eigenvalue weighted by molar-refractivity contribution is -0.114. The molecular weight excluding hydrogens is 370 g/mol. The number of rotatable bonds is 11. The lowest BCUT2D eigenvalue weighted by atomic mass is 10.2. The maximum atomic E-state index is 12.1. The van der Waals surface area contributed by atoms with Gasteiger partial charge in [-0.05, 0) is 61.0 Å². The van der Waals surface area contributed by atoms with Crippen molar-refractivity contribution in [2.75, 3.05) is 44.0 Å². The van der Waals surface area contributed by atoms with Gasteiger partial charge >= 0.3 is 0 Å². The van der Waals surface area contributed by atoms with Gasteiger partial charge in [-0.3, -0.25) is 9.59 Å². The molecule has 3 N–H and O–H groups in total. The van der Waals surface area contributed by atoms with Gasteiger partial charge in [-0.1, -0.05) is 6.58 Å². The van der Waals surface area contributed by atoms with Gasteiger partial charge in [0.1, 0.15) is 12.4 Å². The van der Waals surface area contributed by atoms with Gasteiger partial charge in [0, 0.05) is 30.6 Å². The Hall–Kier alpha value is -3.32. The molecule has 0 aliphatic rings. The number of carbonyl (C=O) groups excluding carboxylic acids is 2. The molecular formula is C22H27N3O4. The van der Waals surface area contributed by atoms with Crippen LogP contribution in [-0.4, -0.2) is 45.2 Å². The molecule has 0 atom stereocenters. The highest BCUT2D eigenvalue weighted by molar-refractivity contribution is 5.95. The maximum Gasteiger partial charge on any atom is 0.251 e. The first kappa shape index (κ1) is 22.0. The topological polar surface area (TPSA) is 88.7 Å². The van der Waals surface area contributed by atoms with Gasteiger partial charge in [0.2, 0.25) is 5.91 Å². The number of amides is 2. The van der Waals surface area contributed by atoms with Crippen molar-refractivity contribution < 1.29 is 19.1 Å². The normalized spacial score (nSPS) is 10.1. The standard InChI is InChI=1S/C22H27N3O4/c1-16(2)15-29-20-10-8-19(9-11-20)25-21(26)14-24-18-6-4-17(5-7-18)22(27)23-12-13-28-3/h4-11,24H,1,12-15H2,2-3H3,(H,23,27)(H,25,26). The molecule has 7 nitrogen and oxygen atoms in total. The summed E-state index contributed by atoms with van der Waals surface area (Å²) in [6, 6.07) is 14.1. The van der Waals surface area contributed by atoms with E-state index < -0.39 is 0 Å². The van der Waals surface area contributed by atoms with E-state index in [4.69, 9.17) is 9.47 Å². The molecule has 2 aromatic rings. The second-order valence-electron chi connectivity index (χ2n) is 6.50. The lowest BCUT2D eigenvalue weighted by Gasteiger charge is -2.10. The molecule has 0 radical (unpaired) electrons. The smallest absolute Gasteiger partial charge is 0.251 e. The van der Waals surface area contributed by atoms with E-state index in [1.165, 1.54) is 0 Å². The van der Waals surface area contributed by atoms with E-state index in [0.717, 1.165) is 17.0 Å². The van der Waals surface area contributed by atoms with E-state index in [1.54, 1.807) is 55.6 Å². The van der Waals surface area contributed by atoms with E-state index in [0.29, 0.717) is 31.0 Å². The first-order chi connectivity index (χ1) is 14.0. The summed E-state index contributed by atoms with van der Waals surface area (Å²) >= 11 is 0. The van der Waals surface area contributed by atoms with Crippen LogP contribution >= 0.6 is 0 Å². The Kier molecular flexibility index (Phi) is 8.72. The van der Waals surface area contributed by atoms with Gasteiger partial charge in [0.25, 0.3) is 5.91 Å². The van der Waals surface area contributed by atoms with E-state index in [9.17, 15) is 9.59 Å². The molecule has 154 valence electrons. The highest BCUT2D eigenvalue weighted by Gasteiger charge is 2.06. The van der Waals surface area contributed by atoms with Crippen LogP contribution < -0.4 is 20.7 Å². The minimum Gasteiger partial charge on any atom is -0.489 e. The number of anilines is 2. The van der Waals surface area contributed by atoms with Crippen LogP contribution in [0.4, 0.5) is 11.4 Å². The third kappa shape index (κ3) is 8.06. The molecule has 0 bridgehead atoms. The van der Waals surface area contributed by atoms with Crippen LogP contribution in [0.5, 0.6) is 5.75 Å². The predicted octanol–water partition coefficient (Wildman–Crippen LogP) is 3.07. The van der Waals surface area contributed by atoms with Crippen LogP contribution in [0.25, 0.3) is 0 Å². The van der Waals surface area contributed by atoms with Gasteiger partial charge in [-0.15, -0.1) is 0 Å². The summed E-state index contributed by atoms with van der Waals surface area (Å²) < 4.78 is 10.4. The van der Waals surface area contributed by atoms with Crippen molar-refractivity contribution in [2.45, 2.75) is 6.92 Å². The first-order valence-corrected chi connectivity index (χ1v) is 9.26. The average molecular weight is 397 g/mol. The Bertz CT molecular complexity index is 817. The van der Waals surface area contributed by atoms with Crippen molar-refractivity contribution in [2.24, 2.45) is 0 Å². The van der Waals surface area contributed by atoms with Crippen LogP contribution in [0.15, 0.2) is 60.7 Å². The summed E-state index contributed by atoms with van der Waals surface area (Å²) in [4.78, 5) is 24.0. The first-order valence-electron chi connectivity index (χ1n) is 9.26. The Morgan fingerprint density at radius 3 is 2.28 bits per heavy atom. The minimum atomic E-state index is -0.179. The maximum absolute atomic E-state index is 12.1. The summed E-state index contributed by atoms with van der Waals surface area (Å²) in [7, 11) is 1.58. The quantitative estimate of drug-likeness (QED) is 0.401. The summed E-state index contributed by atoms with van der Waals surface area (Å²) in [5.41, 5.74) is 2.91. The van der Waals surface area contributed by atoms with E-state index in [1.807, 2.05) is 6.92 Å². The van der Waals surface area contributed by atoms with Gasteiger partial charge < -0.3 is 25.4 Å². The molecule has 0 fully saturated rings. The fourth-order valence-electron chi connectivity index (χ4n) is 2.34.